The maximum Gasteiger partial charge on any atom is 0.257 e. The lowest BCUT2D eigenvalue weighted by molar-refractivity contribution is 0.102. The molecule has 0 unspecified atom stereocenters. The molecule has 2 N–H and O–H groups in total. The van der Waals surface area contributed by atoms with Crippen LogP contribution >= 0.6 is 23.2 Å². The van der Waals surface area contributed by atoms with Gasteiger partial charge in [-0.15, -0.1) is 0 Å². The van der Waals surface area contributed by atoms with Crippen molar-refractivity contribution in [2.45, 2.75) is 6.92 Å². The molecule has 0 radical (unpaired) electrons. The summed E-state index contributed by atoms with van der Waals surface area (Å²) in [7, 11) is 1.78. The average Bonchev–Trinajstić information content (AvgIpc) is 2.42. The molecule has 0 aromatic heterocycles. The Kier molecular flexibility index (Phi) is 4.53. The van der Waals surface area contributed by atoms with Crippen molar-refractivity contribution in [3.05, 3.63) is 57.6 Å². The predicted molar refractivity (Wildman–Crippen MR) is 85.1 cm³/mol. The molecule has 3 nitrogen and oxygen atoms in total. The summed E-state index contributed by atoms with van der Waals surface area (Å²) >= 11 is 11.9. The predicted octanol–water partition coefficient (Wildman–Crippen LogP) is 4.60. The Labute approximate surface area is 127 Å². The normalized spacial score (nSPS) is 10.2. The van der Waals surface area contributed by atoms with Gasteiger partial charge >= 0.3 is 0 Å². The van der Waals surface area contributed by atoms with Gasteiger partial charge < -0.3 is 10.6 Å². The molecular formula is C15H14Cl2N2O. The van der Waals surface area contributed by atoms with Crippen LogP contribution in [0.15, 0.2) is 36.4 Å². The second-order valence-electron chi connectivity index (χ2n) is 4.38. The number of hydrogen-bond donors (Lipinski definition) is 2. The van der Waals surface area contributed by atoms with Crippen molar-refractivity contribution < 1.29 is 4.79 Å². The third kappa shape index (κ3) is 3.24. The monoisotopic (exact) mass is 308 g/mol. The molecule has 0 saturated carbocycles. The molecule has 104 valence electrons. The third-order valence-electron chi connectivity index (χ3n) is 2.87. The molecule has 5 heteroatoms. The van der Waals surface area contributed by atoms with Crippen molar-refractivity contribution in [3.63, 3.8) is 0 Å². The number of hydrogen-bond acceptors (Lipinski definition) is 2. The van der Waals surface area contributed by atoms with Crippen molar-refractivity contribution in [1.82, 2.24) is 0 Å². The number of benzene rings is 2. The first kappa shape index (κ1) is 14.7. The van der Waals surface area contributed by atoms with Crippen molar-refractivity contribution in [2.24, 2.45) is 0 Å². The SMILES string of the molecule is CNc1cc(C)ccc1C(=O)Nc1cc(Cl)ccc1Cl. The van der Waals surface area contributed by atoms with Crippen LogP contribution in [0.2, 0.25) is 10.0 Å². The van der Waals surface area contributed by atoms with Crippen LogP contribution in [0.5, 0.6) is 0 Å². The van der Waals surface area contributed by atoms with E-state index in [4.69, 9.17) is 23.2 Å². The van der Waals surface area contributed by atoms with E-state index in [-0.39, 0.29) is 5.91 Å². The fourth-order valence-corrected chi connectivity index (χ4v) is 2.18. The van der Waals surface area contributed by atoms with E-state index in [1.165, 1.54) is 0 Å². The van der Waals surface area contributed by atoms with Gasteiger partial charge in [0.1, 0.15) is 0 Å². The number of anilines is 2. The summed E-state index contributed by atoms with van der Waals surface area (Å²) in [6.07, 6.45) is 0. The van der Waals surface area contributed by atoms with E-state index in [9.17, 15) is 4.79 Å². The van der Waals surface area contributed by atoms with Crippen LogP contribution in [0.1, 0.15) is 15.9 Å². The molecule has 20 heavy (non-hydrogen) atoms. The van der Waals surface area contributed by atoms with E-state index in [2.05, 4.69) is 10.6 Å². The lowest BCUT2D eigenvalue weighted by Gasteiger charge is -2.12. The highest BCUT2D eigenvalue weighted by atomic mass is 35.5. The van der Waals surface area contributed by atoms with E-state index in [0.717, 1.165) is 11.3 Å². The van der Waals surface area contributed by atoms with E-state index < -0.39 is 0 Å². The molecule has 0 saturated heterocycles. The average molecular weight is 309 g/mol. The quantitative estimate of drug-likeness (QED) is 0.870. The summed E-state index contributed by atoms with van der Waals surface area (Å²) in [6, 6.07) is 10.5. The van der Waals surface area contributed by atoms with Gasteiger partial charge in [-0.3, -0.25) is 4.79 Å². The molecule has 2 aromatic rings. The molecule has 0 heterocycles. The number of rotatable bonds is 3. The van der Waals surface area contributed by atoms with Gasteiger partial charge in [0, 0.05) is 17.8 Å². The van der Waals surface area contributed by atoms with Gasteiger partial charge in [0.05, 0.1) is 16.3 Å². The van der Waals surface area contributed by atoms with E-state index >= 15 is 0 Å². The van der Waals surface area contributed by atoms with Gasteiger partial charge in [0.2, 0.25) is 0 Å². The molecule has 2 rings (SSSR count). The molecule has 0 fully saturated rings. The molecule has 0 aliphatic carbocycles. The van der Waals surface area contributed by atoms with Crippen molar-refractivity contribution >= 4 is 40.5 Å². The van der Waals surface area contributed by atoms with Crippen LogP contribution < -0.4 is 10.6 Å². The van der Waals surface area contributed by atoms with Gasteiger partial charge in [0.25, 0.3) is 5.91 Å². The second kappa shape index (κ2) is 6.16. The van der Waals surface area contributed by atoms with Crippen LogP contribution in [0.4, 0.5) is 11.4 Å². The Morgan fingerprint density at radius 2 is 1.80 bits per heavy atom. The fraction of sp³-hybridized carbons (Fsp3) is 0.133. The van der Waals surface area contributed by atoms with Crippen LogP contribution in [-0.4, -0.2) is 13.0 Å². The zero-order valence-corrected chi connectivity index (χ0v) is 12.6. The summed E-state index contributed by atoms with van der Waals surface area (Å²) < 4.78 is 0. The maximum atomic E-state index is 12.3. The van der Waals surface area contributed by atoms with E-state index in [1.807, 2.05) is 19.1 Å². The topological polar surface area (TPSA) is 41.1 Å². The zero-order chi connectivity index (χ0) is 14.7. The molecule has 0 bridgehead atoms. The molecule has 0 spiro atoms. The minimum Gasteiger partial charge on any atom is -0.387 e. The van der Waals surface area contributed by atoms with Crippen molar-refractivity contribution in [1.29, 1.82) is 0 Å². The lowest BCUT2D eigenvalue weighted by atomic mass is 10.1. The molecule has 0 aliphatic heterocycles. The number of nitrogens with one attached hydrogen (secondary N) is 2. The number of carbonyl (C=O) groups is 1. The summed E-state index contributed by atoms with van der Waals surface area (Å²) in [5.74, 6) is -0.237. The lowest BCUT2D eigenvalue weighted by Crippen LogP contribution is -2.14. The number of aryl methyl sites for hydroxylation is 1. The number of carbonyl (C=O) groups excluding carboxylic acids is 1. The van der Waals surface area contributed by atoms with Crippen molar-refractivity contribution in [3.8, 4) is 0 Å². The summed E-state index contributed by atoms with van der Waals surface area (Å²) in [6.45, 7) is 1.97. The highest BCUT2D eigenvalue weighted by Crippen LogP contribution is 2.27. The second-order valence-corrected chi connectivity index (χ2v) is 5.22. The van der Waals surface area contributed by atoms with Gasteiger partial charge in [-0.05, 0) is 42.8 Å². The van der Waals surface area contributed by atoms with Gasteiger partial charge in [-0.25, -0.2) is 0 Å². The fourth-order valence-electron chi connectivity index (χ4n) is 1.85. The molecule has 0 atom stereocenters. The Morgan fingerprint density at radius 1 is 1.05 bits per heavy atom. The minimum atomic E-state index is -0.237. The first-order chi connectivity index (χ1) is 9.51. The van der Waals surface area contributed by atoms with Crippen LogP contribution in [-0.2, 0) is 0 Å². The molecule has 1 amide bonds. The summed E-state index contributed by atoms with van der Waals surface area (Å²) in [4.78, 5) is 12.3. The Bertz CT molecular complexity index is 656. The first-order valence-electron chi connectivity index (χ1n) is 6.06. The van der Waals surface area contributed by atoms with Gasteiger partial charge in [-0.1, -0.05) is 29.3 Å². The summed E-state index contributed by atoms with van der Waals surface area (Å²) in [5, 5.41) is 6.74. The standard InChI is InChI=1S/C15H14Cl2N2O/c1-9-3-5-11(13(7-9)18-2)15(20)19-14-8-10(16)4-6-12(14)17/h3-8,18H,1-2H3,(H,19,20). The smallest absolute Gasteiger partial charge is 0.257 e. The number of halogens is 2. The van der Waals surface area contributed by atoms with Crippen LogP contribution in [0.3, 0.4) is 0 Å². The maximum absolute atomic E-state index is 12.3. The van der Waals surface area contributed by atoms with Crippen molar-refractivity contribution in [2.75, 3.05) is 17.7 Å². The van der Waals surface area contributed by atoms with Crippen LogP contribution in [0, 0.1) is 6.92 Å². The number of amides is 1. The van der Waals surface area contributed by atoms with Gasteiger partial charge in [0.15, 0.2) is 0 Å². The minimum absolute atomic E-state index is 0.237. The highest BCUT2D eigenvalue weighted by Gasteiger charge is 2.12. The Balaban J connectivity index is 2.30. The third-order valence-corrected chi connectivity index (χ3v) is 3.43. The largest absolute Gasteiger partial charge is 0.387 e. The zero-order valence-electron chi connectivity index (χ0n) is 11.1. The van der Waals surface area contributed by atoms with Crippen LogP contribution in [0.25, 0.3) is 0 Å². The highest BCUT2D eigenvalue weighted by molar-refractivity contribution is 6.36. The first-order valence-corrected chi connectivity index (χ1v) is 6.81. The summed E-state index contributed by atoms with van der Waals surface area (Å²) in [5.41, 5.74) is 2.88. The Morgan fingerprint density at radius 3 is 2.50 bits per heavy atom. The molecule has 2 aromatic carbocycles. The Hall–Kier alpha value is -1.71. The molecular weight excluding hydrogens is 295 g/mol. The van der Waals surface area contributed by atoms with E-state index in [0.29, 0.717) is 21.3 Å². The van der Waals surface area contributed by atoms with E-state index in [1.54, 1.807) is 31.3 Å². The van der Waals surface area contributed by atoms with Gasteiger partial charge in [-0.2, -0.15) is 0 Å². The molecule has 0 aliphatic rings.